The fraction of sp³-hybridized carbons (Fsp3) is 0.846. The van der Waals surface area contributed by atoms with Crippen molar-refractivity contribution in [3.05, 3.63) is 0 Å². The van der Waals surface area contributed by atoms with Crippen LogP contribution in [0.4, 0.5) is 0 Å². The minimum Gasteiger partial charge on any atom is -0.305 e. The van der Waals surface area contributed by atoms with Crippen LogP contribution in [0.2, 0.25) is 37.8 Å². The molecule has 0 saturated heterocycles. The Morgan fingerprint density at radius 2 is 1.18 bits per heavy atom. The number of rotatable bonds is 5. The molecule has 0 heterocycles. The van der Waals surface area contributed by atoms with E-state index >= 15 is 0 Å². The molecule has 0 fully saturated rings. The smallest absolute Gasteiger partial charge is 0.132 e. The Bertz CT molecular complexity index is 306. The third-order valence-corrected chi connectivity index (χ3v) is 11.3. The largest absolute Gasteiger partial charge is 0.305 e. The summed E-state index contributed by atoms with van der Waals surface area (Å²) in [6.07, 6.45) is 0.917. The van der Waals surface area contributed by atoms with Crippen LogP contribution in [0.25, 0.3) is 0 Å². The summed E-state index contributed by atoms with van der Waals surface area (Å²) in [5.41, 5.74) is 0. The fourth-order valence-electron chi connectivity index (χ4n) is 1.33. The molecule has 100 valence electrons. The first-order valence-corrected chi connectivity index (χ1v) is 12.9. The van der Waals surface area contributed by atoms with Crippen molar-refractivity contribution in [1.29, 1.82) is 0 Å². The molecule has 0 bridgehead atoms. The standard InChI is InChI=1S/C13H28O2Si2/c1-13(2,3)17(7,8)12(15)10-9-11(14)16(4,5)6/h9-10H2,1-8H3. The van der Waals surface area contributed by atoms with Crippen molar-refractivity contribution < 1.29 is 9.59 Å². The van der Waals surface area contributed by atoms with Crippen LogP contribution in [-0.4, -0.2) is 27.0 Å². The first kappa shape index (κ1) is 16.8. The second-order valence-electron chi connectivity index (χ2n) is 7.47. The summed E-state index contributed by atoms with van der Waals surface area (Å²) < 4.78 is 0. The third-order valence-electron chi connectivity index (χ3n) is 3.99. The highest BCUT2D eigenvalue weighted by atomic mass is 28.3. The maximum atomic E-state index is 12.3. The zero-order valence-electron chi connectivity index (χ0n) is 12.7. The molecule has 0 aliphatic carbocycles. The summed E-state index contributed by atoms with van der Waals surface area (Å²) in [5.74, 6) is 0. The lowest BCUT2D eigenvalue weighted by atomic mass is 10.2. The van der Waals surface area contributed by atoms with Crippen molar-refractivity contribution in [3.8, 4) is 0 Å². The molecule has 0 rings (SSSR count). The molecule has 0 aliphatic heterocycles. The molecule has 0 saturated carbocycles. The Labute approximate surface area is 108 Å². The van der Waals surface area contributed by atoms with E-state index in [1.807, 2.05) is 19.6 Å². The van der Waals surface area contributed by atoms with Gasteiger partial charge in [0.2, 0.25) is 0 Å². The minimum atomic E-state index is -1.91. The van der Waals surface area contributed by atoms with Gasteiger partial charge >= 0.3 is 0 Å². The van der Waals surface area contributed by atoms with Crippen LogP contribution in [-0.2, 0) is 9.59 Å². The number of carbonyl (C=O) groups is 2. The van der Waals surface area contributed by atoms with E-state index < -0.39 is 16.1 Å². The van der Waals surface area contributed by atoms with Gasteiger partial charge in [-0.1, -0.05) is 53.5 Å². The van der Waals surface area contributed by atoms with Gasteiger partial charge in [-0.15, -0.1) is 0 Å². The van der Waals surface area contributed by atoms with E-state index in [1.54, 1.807) is 0 Å². The Hall–Kier alpha value is -0.226. The first-order chi connectivity index (χ1) is 7.30. The molecule has 0 atom stereocenters. The Balaban J connectivity index is 4.55. The molecule has 0 spiro atoms. The van der Waals surface area contributed by atoms with Gasteiger partial charge in [-0.2, -0.15) is 0 Å². The van der Waals surface area contributed by atoms with Crippen molar-refractivity contribution in [2.45, 2.75) is 71.4 Å². The normalized spacial score (nSPS) is 13.6. The van der Waals surface area contributed by atoms with E-state index in [9.17, 15) is 9.59 Å². The van der Waals surface area contributed by atoms with E-state index in [0.29, 0.717) is 23.7 Å². The van der Waals surface area contributed by atoms with Crippen LogP contribution in [0.1, 0.15) is 33.6 Å². The van der Waals surface area contributed by atoms with Crippen molar-refractivity contribution >= 4 is 27.0 Å². The Morgan fingerprint density at radius 1 is 0.824 bits per heavy atom. The quantitative estimate of drug-likeness (QED) is 0.713. The predicted octanol–water partition coefficient (Wildman–Crippen LogP) is 3.83. The van der Waals surface area contributed by atoms with Crippen molar-refractivity contribution in [3.63, 3.8) is 0 Å². The average Bonchev–Trinajstić information content (AvgIpc) is 2.09. The van der Waals surface area contributed by atoms with Gasteiger partial charge in [-0.05, 0) is 5.04 Å². The Kier molecular flexibility index (Phi) is 5.11. The molecule has 2 nitrogen and oxygen atoms in total. The summed E-state index contributed by atoms with van der Waals surface area (Å²) in [4.78, 5) is 24.1. The third kappa shape index (κ3) is 4.50. The molecule has 17 heavy (non-hydrogen) atoms. The minimum absolute atomic E-state index is 0.0757. The SMILES string of the molecule is CC(C)(C)[Si](C)(C)C(=O)CCC(=O)[Si](C)(C)C. The van der Waals surface area contributed by atoms with Gasteiger partial charge in [0.25, 0.3) is 0 Å². The zero-order valence-corrected chi connectivity index (χ0v) is 14.7. The van der Waals surface area contributed by atoms with E-state index in [-0.39, 0.29) is 5.04 Å². The van der Waals surface area contributed by atoms with Crippen LogP contribution in [0.15, 0.2) is 0 Å². The highest BCUT2D eigenvalue weighted by Gasteiger charge is 2.41. The molecular weight excluding hydrogens is 244 g/mol. The van der Waals surface area contributed by atoms with Crippen LogP contribution in [0.5, 0.6) is 0 Å². The molecule has 0 aromatic rings. The van der Waals surface area contributed by atoms with Gasteiger partial charge in [0, 0.05) is 12.8 Å². The topological polar surface area (TPSA) is 34.1 Å². The van der Waals surface area contributed by atoms with Gasteiger partial charge in [0.1, 0.15) is 27.0 Å². The lowest BCUT2D eigenvalue weighted by Gasteiger charge is -2.35. The van der Waals surface area contributed by atoms with Crippen molar-refractivity contribution in [2.75, 3.05) is 0 Å². The molecule has 0 unspecified atom stereocenters. The van der Waals surface area contributed by atoms with Crippen LogP contribution in [0, 0.1) is 0 Å². The van der Waals surface area contributed by atoms with Gasteiger partial charge in [-0.25, -0.2) is 0 Å². The number of hydrogen-bond acceptors (Lipinski definition) is 2. The van der Waals surface area contributed by atoms with E-state index in [0.717, 1.165) is 0 Å². The van der Waals surface area contributed by atoms with Gasteiger partial charge in [0.15, 0.2) is 0 Å². The van der Waals surface area contributed by atoms with Crippen LogP contribution in [0.3, 0.4) is 0 Å². The van der Waals surface area contributed by atoms with Gasteiger partial charge in [-0.3, -0.25) is 0 Å². The summed E-state index contributed by atoms with van der Waals surface area (Å²) in [6, 6.07) is 0. The fourth-order valence-corrected chi connectivity index (χ4v) is 3.79. The predicted molar refractivity (Wildman–Crippen MR) is 79.8 cm³/mol. The molecular formula is C13H28O2Si2. The molecule has 0 aromatic heterocycles. The molecule has 0 radical (unpaired) electrons. The highest BCUT2D eigenvalue weighted by molar-refractivity contribution is 7.06. The maximum absolute atomic E-state index is 12.3. The first-order valence-electron chi connectivity index (χ1n) is 6.37. The highest BCUT2D eigenvalue weighted by Crippen LogP contribution is 2.37. The zero-order chi connectivity index (χ0) is 14.1. The van der Waals surface area contributed by atoms with E-state index in [1.165, 1.54) is 0 Å². The number of carbonyl (C=O) groups excluding carboxylic acids is 2. The monoisotopic (exact) mass is 272 g/mol. The average molecular weight is 273 g/mol. The van der Waals surface area contributed by atoms with E-state index in [4.69, 9.17) is 0 Å². The lowest BCUT2D eigenvalue weighted by Crippen LogP contribution is -2.46. The summed E-state index contributed by atoms with van der Waals surface area (Å²) in [6.45, 7) is 16.8. The van der Waals surface area contributed by atoms with Crippen LogP contribution >= 0.6 is 0 Å². The number of hydrogen-bond donors (Lipinski definition) is 0. The van der Waals surface area contributed by atoms with Gasteiger partial charge in [0.05, 0.1) is 0 Å². The van der Waals surface area contributed by atoms with Crippen molar-refractivity contribution in [2.24, 2.45) is 0 Å². The van der Waals surface area contributed by atoms with Crippen molar-refractivity contribution in [1.82, 2.24) is 0 Å². The Morgan fingerprint density at radius 3 is 1.47 bits per heavy atom. The second-order valence-corrected chi connectivity index (χ2v) is 17.8. The van der Waals surface area contributed by atoms with Crippen LogP contribution < -0.4 is 0 Å². The summed E-state index contributed by atoms with van der Waals surface area (Å²) in [7, 11) is -3.62. The molecule has 4 heteroatoms. The summed E-state index contributed by atoms with van der Waals surface area (Å²) in [5, 5.41) is 0.743. The lowest BCUT2D eigenvalue weighted by molar-refractivity contribution is -0.117. The summed E-state index contributed by atoms with van der Waals surface area (Å²) >= 11 is 0. The maximum Gasteiger partial charge on any atom is 0.132 e. The van der Waals surface area contributed by atoms with E-state index in [2.05, 4.69) is 33.9 Å². The molecule has 0 amide bonds. The van der Waals surface area contributed by atoms with Gasteiger partial charge < -0.3 is 9.59 Å². The molecule has 0 N–H and O–H groups in total. The molecule has 0 aromatic carbocycles. The second kappa shape index (κ2) is 5.18. The molecule has 0 aliphatic rings.